The van der Waals surface area contributed by atoms with E-state index in [9.17, 15) is 61.9 Å². The van der Waals surface area contributed by atoms with Gasteiger partial charge < -0.3 is 0 Å². The Morgan fingerprint density at radius 1 is 0.676 bits per heavy atom. The number of hydrogen-bond donors (Lipinski definition) is 1. The molecule has 1 aliphatic rings. The Kier molecular flexibility index (Phi) is 7.20. The van der Waals surface area contributed by atoms with Crippen LogP contribution < -0.4 is 5.43 Å². The molecule has 1 saturated heterocycles. The van der Waals surface area contributed by atoms with Crippen molar-refractivity contribution in [2.75, 3.05) is 13.1 Å². The minimum Gasteiger partial charge on any atom is -0.285 e. The molecule has 16 heteroatoms. The van der Waals surface area contributed by atoms with Gasteiger partial charge in [0.15, 0.2) is 0 Å². The summed E-state index contributed by atoms with van der Waals surface area (Å²) in [6.07, 6.45) is -5.69. The van der Waals surface area contributed by atoms with Gasteiger partial charge in [-0.25, -0.2) is 5.01 Å². The fourth-order valence-electron chi connectivity index (χ4n) is 3.10. The lowest BCUT2D eigenvalue weighted by molar-refractivity contribution is -0.441. The molecule has 1 aliphatic heterocycles. The third-order valence-electron chi connectivity index (χ3n) is 5.06. The summed E-state index contributed by atoms with van der Waals surface area (Å²) in [7, 11) is 0. The zero-order valence-electron chi connectivity index (χ0n) is 16.6. The molecule has 1 aromatic rings. The maximum Gasteiger partial charge on any atom is 0.460 e. The van der Waals surface area contributed by atoms with E-state index in [-0.39, 0.29) is 19.2 Å². The monoisotopic (exact) mass is 522 g/mol. The summed E-state index contributed by atoms with van der Waals surface area (Å²) in [6.45, 7) is 0.383. The third kappa shape index (κ3) is 4.28. The van der Waals surface area contributed by atoms with Gasteiger partial charge >= 0.3 is 35.8 Å². The van der Waals surface area contributed by atoms with Crippen molar-refractivity contribution in [3.05, 3.63) is 35.4 Å². The van der Waals surface area contributed by atoms with E-state index in [0.717, 1.165) is 12.5 Å². The van der Waals surface area contributed by atoms with Crippen molar-refractivity contribution < 1.29 is 61.9 Å². The summed E-state index contributed by atoms with van der Waals surface area (Å²) in [5, 5.41) is 1.17. The summed E-state index contributed by atoms with van der Waals surface area (Å²) in [5.41, 5.74) is -1.68. The zero-order chi connectivity index (χ0) is 26.4. The number of alkyl halides is 13. The van der Waals surface area contributed by atoms with Crippen molar-refractivity contribution in [3.63, 3.8) is 0 Å². The van der Waals surface area contributed by atoms with E-state index in [0.29, 0.717) is 25.0 Å². The molecule has 1 amide bonds. The van der Waals surface area contributed by atoms with E-state index < -0.39 is 52.8 Å². The fraction of sp³-hybridized carbons (Fsp3) is 0.611. The highest BCUT2D eigenvalue weighted by atomic mass is 19.4. The standard InChI is InChI=1S/C18H15F13N2O/c19-13(20,14(21,22)15(23,24)16(25,26)17(27,28)18(29,30)31)11-7-3-2-6-10(11)12(34)32-33-8-4-1-5-9-33/h2-3,6-7H,1,4-5,8-9H2,(H,32,34). The highest BCUT2D eigenvalue weighted by molar-refractivity contribution is 5.95. The predicted octanol–water partition coefficient (Wildman–Crippen LogP) is 6.01. The highest BCUT2D eigenvalue weighted by Gasteiger charge is 2.91. The van der Waals surface area contributed by atoms with Crippen LogP contribution in [0.1, 0.15) is 35.2 Å². The average molecular weight is 522 g/mol. The molecule has 0 unspecified atom stereocenters. The Balaban J connectivity index is 2.53. The SMILES string of the molecule is O=C(NN1CCCCC1)c1ccccc1C(F)(F)C(F)(F)C(F)(F)C(F)(F)C(F)(F)C(F)(F)F. The van der Waals surface area contributed by atoms with Crippen molar-refractivity contribution in [1.29, 1.82) is 0 Å². The van der Waals surface area contributed by atoms with Crippen molar-refractivity contribution >= 4 is 5.91 Å². The molecule has 0 aliphatic carbocycles. The van der Waals surface area contributed by atoms with Crippen molar-refractivity contribution in [2.45, 2.75) is 55.1 Å². The van der Waals surface area contributed by atoms with Gasteiger partial charge in [-0.3, -0.25) is 10.2 Å². The minimum absolute atomic E-state index is 0.0465. The van der Waals surface area contributed by atoms with Gasteiger partial charge in [0.25, 0.3) is 5.91 Å². The van der Waals surface area contributed by atoms with E-state index in [1.54, 1.807) is 0 Å². The molecule has 0 radical (unpaired) electrons. The molecule has 0 saturated carbocycles. The number of nitrogens with zero attached hydrogens (tertiary/aromatic N) is 1. The van der Waals surface area contributed by atoms with Gasteiger partial charge in [-0.15, -0.1) is 0 Å². The number of benzene rings is 1. The molecule has 1 N–H and O–H groups in total. The predicted molar refractivity (Wildman–Crippen MR) is 89.1 cm³/mol. The van der Waals surface area contributed by atoms with Crippen LogP contribution in [0.5, 0.6) is 0 Å². The van der Waals surface area contributed by atoms with Gasteiger partial charge in [0.2, 0.25) is 0 Å². The number of rotatable bonds is 7. The summed E-state index contributed by atoms with van der Waals surface area (Å²) in [5.74, 6) is -39.3. The quantitative estimate of drug-likeness (QED) is 0.445. The Bertz CT molecular complexity index is 892. The molecule has 0 spiro atoms. The lowest BCUT2D eigenvalue weighted by Gasteiger charge is -2.40. The normalized spacial score (nSPS) is 17.6. The molecule has 3 nitrogen and oxygen atoms in total. The molecule has 1 fully saturated rings. The smallest absolute Gasteiger partial charge is 0.285 e. The average Bonchev–Trinajstić information content (AvgIpc) is 2.73. The van der Waals surface area contributed by atoms with Crippen LogP contribution in [-0.2, 0) is 5.92 Å². The van der Waals surface area contributed by atoms with Gasteiger partial charge in [-0.1, -0.05) is 24.6 Å². The second-order valence-corrected chi connectivity index (χ2v) is 7.40. The maximum atomic E-state index is 14.6. The topological polar surface area (TPSA) is 32.3 Å². The first-order chi connectivity index (χ1) is 15.2. The molecule has 0 bridgehead atoms. The number of hydrogen-bond acceptors (Lipinski definition) is 2. The van der Waals surface area contributed by atoms with Crippen LogP contribution in [0, 0.1) is 0 Å². The maximum absolute atomic E-state index is 14.6. The highest BCUT2D eigenvalue weighted by Crippen LogP contribution is 2.62. The van der Waals surface area contributed by atoms with Crippen LogP contribution in [0.15, 0.2) is 24.3 Å². The zero-order valence-corrected chi connectivity index (χ0v) is 16.6. The van der Waals surface area contributed by atoms with Crippen LogP contribution in [0.4, 0.5) is 57.1 Å². The minimum atomic E-state index is -8.00. The van der Waals surface area contributed by atoms with E-state index in [2.05, 4.69) is 0 Å². The number of amides is 1. The number of halogens is 13. The van der Waals surface area contributed by atoms with Crippen LogP contribution in [0.3, 0.4) is 0 Å². The van der Waals surface area contributed by atoms with Crippen molar-refractivity contribution in [1.82, 2.24) is 10.4 Å². The van der Waals surface area contributed by atoms with Gasteiger partial charge in [0.1, 0.15) is 0 Å². The second kappa shape index (κ2) is 8.75. The Labute approximate surface area is 182 Å². The Morgan fingerprint density at radius 3 is 1.65 bits per heavy atom. The summed E-state index contributed by atoms with van der Waals surface area (Å²) in [6, 6.07) is 1.71. The molecule has 1 heterocycles. The summed E-state index contributed by atoms with van der Waals surface area (Å²) < 4.78 is 175. The second-order valence-electron chi connectivity index (χ2n) is 7.40. The van der Waals surface area contributed by atoms with Gasteiger partial charge in [-0.2, -0.15) is 57.1 Å². The van der Waals surface area contributed by atoms with Crippen molar-refractivity contribution in [3.8, 4) is 0 Å². The van der Waals surface area contributed by atoms with Crippen LogP contribution in [0.2, 0.25) is 0 Å². The molecule has 34 heavy (non-hydrogen) atoms. The number of nitrogens with one attached hydrogen (secondary N) is 1. The van der Waals surface area contributed by atoms with E-state index in [1.807, 2.05) is 5.43 Å². The molecular formula is C18H15F13N2O. The van der Waals surface area contributed by atoms with Crippen molar-refractivity contribution in [2.24, 2.45) is 0 Å². The number of piperidine rings is 1. The first-order valence-electron chi connectivity index (χ1n) is 9.34. The number of carbonyl (C=O) groups excluding carboxylic acids is 1. The Hall–Kier alpha value is -2.26. The third-order valence-corrected chi connectivity index (χ3v) is 5.06. The molecule has 194 valence electrons. The molecule has 0 aromatic heterocycles. The molecule has 0 atom stereocenters. The first kappa shape index (κ1) is 28.0. The van der Waals surface area contributed by atoms with E-state index >= 15 is 0 Å². The first-order valence-corrected chi connectivity index (χ1v) is 9.34. The largest absolute Gasteiger partial charge is 0.460 e. The van der Waals surface area contributed by atoms with Crippen LogP contribution in [-0.4, -0.2) is 53.9 Å². The van der Waals surface area contributed by atoms with Crippen LogP contribution in [0.25, 0.3) is 0 Å². The van der Waals surface area contributed by atoms with Gasteiger partial charge in [0, 0.05) is 18.7 Å². The van der Waals surface area contributed by atoms with E-state index in [4.69, 9.17) is 0 Å². The van der Waals surface area contributed by atoms with Gasteiger partial charge in [-0.05, 0) is 18.9 Å². The lowest BCUT2D eigenvalue weighted by Crippen LogP contribution is -2.69. The van der Waals surface area contributed by atoms with E-state index in [1.165, 1.54) is 5.01 Å². The molecule has 2 rings (SSSR count). The van der Waals surface area contributed by atoms with Gasteiger partial charge in [0.05, 0.1) is 5.56 Å². The number of carbonyl (C=O) groups is 1. The lowest BCUT2D eigenvalue weighted by atomic mass is 9.88. The Morgan fingerprint density at radius 2 is 1.15 bits per heavy atom. The summed E-state index contributed by atoms with van der Waals surface area (Å²) >= 11 is 0. The van der Waals surface area contributed by atoms with Crippen LogP contribution >= 0.6 is 0 Å². The molecule has 1 aromatic carbocycles. The number of hydrazine groups is 1. The molecular weight excluding hydrogens is 507 g/mol. The summed E-state index contributed by atoms with van der Waals surface area (Å²) in [4.78, 5) is 12.3. The fourth-order valence-corrected chi connectivity index (χ4v) is 3.10.